The molecule has 0 bridgehead atoms. The summed E-state index contributed by atoms with van der Waals surface area (Å²) >= 11 is 0. The first-order valence-electron chi connectivity index (χ1n) is 9.55. The molecular formula is C21H24N4O2. The first kappa shape index (κ1) is 17.7. The van der Waals surface area contributed by atoms with Crippen molar-refractivity contribution in [3.8, 4) is 0 Å². The zero-order chi connectivity index (χ0) is 18.5. The Hall–Kier alpha value is -2.73. The van der Waals surface area contributed by atoms with Gasteiger partial charge in [-0.2, -0.15) is 5.10 Å². The molecule has 1 fully saturated rings. The number of ether oxygens (including phenoxy) is 1. The number of rotatable bonds is 6. The average Bonchev–Trinajstić information content (AvgIpc) is 3.11. The maximum atomic E-state index is 12.9. The number of morpholine rings is 1. The fourth-order valence-corrected chi connectivity index (χ4v) is 3.48. The number of pyridine rings is 1. The molecule has 2 aromatic heterocycles. The molecule has 0 saturated carbocycles. The third kappa shape index (κ3) is 4.01. The number of aryl methyl sites for hydroxylation is 2. The van der Waals surface area contributed by atoms with E-state index in [0.29, 0.717) is 37.5 Å². The lowest BCUT2D eigenvalue weighted by Crippen LogP contribution is -2.41. The molecule has 6 heteroatoms. The van der Waals surface area contributed by atoms with Crippen molar-refractivity contribution in [1.29, 1.82) is 0 Å². The molecule has 27 heavy (non-hydrogen) atoms. The van der Waals surface area contributed by atoms with Gasteiger partial charge in [0.2, 0.25) is 0 Å². The highest BCUT2D eigenvalue weighted by molar-refractivity contribution is 6.03. The van der Waals surface area contributed by atoms with Gasteiger partial charge in [-0.05, 0) is 37.0 Å². The second-order valence-corrected chi connectivity index (χ2v) is 6.79. The van der Waals surface area contributed by atoms with Crippen LogP contribution in [0.15, 0.2) is 48.7 Å². The first-order chi connectivity index (χ1) is 13.3. The van der Waals surface area contributed by atoms with Gasteiger partial charge in [0.25, 0.3) is 5.91 Å². The summed E-state index contributed by atoms with van der Waals surface area (Å²) in [7, 11) is 0. The van der Waals surface area contributed by atoms with E-state index in [1.54, 1.807) is 11.1 Å². The van der Waals surface area contributed by atoms with E-state index in [4.69, 9.17) is 4.74 Å². The molecule has 1 saturated heterocycles. The average molecular weight is 364 g/mol. The third-order valence-corrected chi connectivity index (χ3v) is 4.94. The second kappa shape index (κ2) is 8.31. The summed E-state index contributed by atoms with van der Waals surface area (Å²) < 4.78 is 7.28. The quantitative estimate of drug-likeness (QED) is 0.631. The van der Waals surface area contributed by atoms with Gasteiger partial charge in [0, 0.05) is 25.8 Å². The number of fused-ring (bicyclic) bond motifs is 1. The fourth-order valence-electron chi connectivity index (χ4n) is 3.48. The van der Waals surface area contributed by atoms with Crippen molar-refractivity contribution in [2.24, 2.45) is 0 Å². The summed E-state index contributed by atoms with van der Waals surface area (Å²) in [6.07, 6.45) is 4.86. The molecule has 1 amide bonds. The molecule has 0 aliphatic carbocycles. The van der Waals surface area contributed by atoms with Crippen LogP contribution in [0.2, 0.25) is 0 Å². The molecule has 1 aliphatic heterocycles. The zero-order valence-electron chi connectivity index (χ0n) is 15.4. The van der Waals surface area contributed by atoms with Crippen LogP contribution in [0.3, 0.4) is 0 Å². The Morgan fingerprint density at radius 3 is 2.67 bits per heavy atom. The topological polar surface area (TPSA) is 60.2 Å². The number of aromatic nitrogens is 3. The zero-order valence-corrected chi connectivity index (χ0v) is 15.4. The number of unbranched alkanes of at least 4 members (excludes halogenated alkanes) is 1. The molecule has 0 radical (unpaired) electrons. The largest absolute Gasteiger partial charge is 0.378 e. The number of amides is 1. The van der Waals surface area contributed by atoms with Crippen molar-refractivity contribution >= 4 is 16.9 Å². The van der Waals surface area contributed by atoms with Crippen molar-refractivity contribution in [2.45, 2.75) is 25.8 Å². The van der Waals surface area contributed by atoms with Crippen LogP contribution >= 0.6 is 0 Å². The van der Waals surface area contributed by atoms with Crippen LogP contribution in [0.1, 0.15) is 28.9 Å². The molecule has 6 nitrogen and oxygen atoms in total. The molecule has 3 aromatic rings. The molecule has 1 aromatic carbocycles. The van der Waals surface area contributed by atoms with E-state index in [1.165, 1.54) is 5.56 Å². The summed E-state index contributed by atoms with van der Waals surface area (Å²) in [5, 5.41) is 4.63. The van der Waals surface area contributed by atoms with Gasteiger partial charge < -0.3 is 9.64 Å². The minimum absolute atomic E-state index is 0.0509. The van der Waals surface area contributed by atoms with Gasteiger partial charge in [0.1, 0.15) is 5.52 Å². The van der Waals surface area contributed by atoms with Gasteiger partial charge in [-0.25, -0.2) is 0 Å². The number of nitrogens with zero attached hydrogens (tertiary/aromatic N) is 4. The fraction of sp³-hybridized carbons (Fsp3) is 0.381. The Kier molecular flexibility index (Phi) is 5.44. The first-order valence-corrected chi connectivity index (χ1v) is 9.55. The molecule has 0 N–H and O–H groups in total. The van der Waals surface area contributed by atoms with Crippen LogP contribution in [0.25, 0.3) is 11.0 Å². The van der Waals surface area contributed by atoms with E-state index in [1.807, 2.05) is 22.9 Å². The van der Waals surface area contributed by atoms with E-state index < -0.39 is 0 Å². The maximum Gasteiger partial charge on any atom is 0.276 e. The molecule has 0 unspecified atom stereocenters. The third-order valence-electron chi connectivity index (χ3n) is 4.94. The molecule has 4 rings (SSSR count). The summed E-state index contributed by atoms with van der Waals surface area (Å²) in [6, 6.07) is 14.4. The summed E-state index contributed by atoms with van der Waals surface area (Å²) in [5.41, 5.74) is 3.43. The van der Waals surface area contributed by atoms with Crippen molar-refractivity contribution in [3.63, 3.8) is 0 Å². The second-order valence-electron chi connectivity index (χ2n) is 6.79. The Bertz CT molecular complexity index is 901. The predicted octanol–water partition coefficient (Wildman–Crippen LogP) is 2.93. The Morgan fingerprint density at radius 2 is 1.85 bits per heavy atom. The monoisotopic (exact) mass is 364 g/mol. The van der Waals surface area contributed by atoms with Crippen molar-refractivity contribution in [2.75, 3.05) is 26.3 Å². The van der Waals surface area contributed by atoms with E-state index >= 15 is 0 Å². The van der Waals surface area contributed by atoms with Crippen LogP contribution < -0.4 is 0 Å². The van der Waals surface area contributed by atoms with Crippen LogP contribution in [-0.2, 0) is 17.7 Å². The van der Waals surface area contributed by atoms with Crippen molar-refractivity contribution in [1.82, 2.24) is 19.7 Å². The van der Waals surface area contributed by atoms with Crippen LogP contribution in [0.4, 0.5) is 0 Å². The summed E-state index contributed by atoms with van der Waals surface area (Å²) in [6.45, 7) is 3.16. The standard InChI is InChI=1S/C21H24N4O2/c26-21(24-13-15-27-16-14-24)20-19-18(10-6-11-22-19)25(23-20)12-5-4-9-17-7-2-1-3-8-17/h1-3,6-8,10-11H,4-5,9,12-16H2. The highest BCUT2D eigenvalue weighted by atomic mass is 16.5. The molecule has 3 heterocycles. The molecule has 0 spiro atoms. The van der Waals surface area contributed by atoms with Crippen molar-refractivity contribution in [3.05, 3.63) is 59.9 Å². The van der Waals surface area contributed by atoms with E-state index in [0.717, 1.165) is 31.3 Å². The Morgan fingerprint density at radius 1 is 1.04 bits per heavy atom. The highest BCUT2D eigenvalue weighted by Gasteiger charge is 2.24. The SMILES string of the molecule is O=C(c1nn(CCCCc2ccccc2)c2cccnc12)N1CCOCC1. The lowest BCUT2D eigenvalue weighted by Gasteiger charge is -2.26. The van der Waals surface area contributed by atoms with Crippen LogP contribution in [0.5, 0.6) is 0 Å². The van der Waals surface area contributed by atoms with Gasteiger partial charge in [0.05, 0.1) is 18.7 Å². The van der Waals surface area contributed by atoms with E-state index in [9.17, 15) is 4.79 Å². The number of benzene rings is 1. The van der Waals surface area contributed by atoms with Gasteiger partial charge >= 0.3 is 0 Å². The summed E-state index contributed by atoms with van der Waals surface area (Å²) in [5.74, 6) is -0.0509. The number of carbonyl (C=O) groups excluding carboxylic acids is 1. The van der Waals surface area contributed by atoms with Gasteiger partial charge in [-0.3, -0.25) is 14.5 Å². The molecule has 0 atom stereocenters. The van der Waals surface area contributed by atoms with Gasteiger partial charge in [0.15, 0.2) is 5.69 Å². The maximum absolute atomic E-state index is 12.9. The lowest BCUT2D eigenvalue weighted by molar-refractivity contribution is 0.0299. The van der Waals surface area contributed by atoms with E-state index in [2.05, 4.69) is 34.3 Å². The number of hydrogen-bond donors (Lipinski definition) is 0. The summed E-state index contributed by atoms with van der Waals surface area (Å²) in [4.78, 5) is 19.1. The normalized spacial score (nSPS) is 14.6. The lowest BCUT2D eigenvalue weighted by atomic mass is 10.1. The minimum Gasteiger partial charge on any atom is -0.378 e. The van der Waals surface area contributed by atoms with E-state index in [-0.39, 0.29) is 5.91 Å². The molecular weight excluding hydrogens is 340 g/mol. The van der Waals surface area contributed by atoms with Gasteiger partial charge in [-0.15, -0.1) is 0 Å². The van der Waals surface area contributed by atoms with Crippen LogP contribution in [0, 0.1) is 0 Å². The molecule has 1 aliphatic rings. The number of hydrogen-bond acceptors (Lipinski definition) is 4. The smallest absolute Gasteiger partial charge is 0.276 e. The van der Waals surface area contributed by atoms with Gasteiger partial charge in [-0.1, -0.05) is 30.3 Å². The highest BCUT2D eigenvalue weighted by Crippen LogP contribution is 2.19. The number of carbonyl (C=O) groups is 1. The predicted molar refractivity (Wildman–Crippen MR) is 104 cm³/mol. The molecule has 140 valence electrons. The Labute approximate surface area is 158 Å². The Balaban J connectivity index is 1.47. The van der Waals surface area contributed by atoms with Crippen molar-refractivity contribution < 1.29 is 9.53 Å². The minimum atomic E-state index is -0.0509. The van der Waals surface area contributed by atoms with Crippen LogP contribution in [-0.4, -0.2) is 51.9 Å².